The van der Waals surface area contributed by atoms with Crippen LogP contribution in [0.2, 0.25) is 0 Å². The fourth-order valence-electron chi connectivity index (χ4n) is 3.75. The van der Waals surface area contributed by atoms with Crippen molar-refractivity contribution in [3.8, 4) is 5.75 Å². The zero-order chi connectivity index (χ0) is 20.5. The van der Waals surface area contributed by atoms with E-state index in [1.807, 2.05) is 42.5 Å². The Morgan fingerprint density at radius 1 is 1.07 bits per heavy atom. The van der Waals surface area contributed by atoms with E-state index in [9.17, 15) is 9.90 Å². The summed E-state index contributed by atoms with van der Waals surface area (Å²) in [7, 11) is 1.62. The number of ketones is 1. The van der Waals surface area contributed by atoms with Crippen LogP contribution in [0.1, 0.15) is 35.2 Å². The average Bonchev–Trinajstić information content (AvgIpc) is 2.77. The minimum Gasteiger partial charge on any atom is -0.497 e. The Balaban J connectivity index is 1.65. The van der Waals surface area contributed by atoms with E-state index in [1.54, 1.807) is 19.2 Å². The smallest absolute Gasteiger partial charge is 0.191 e. The van der Waals surface area contributed by atoms with Crippen LogP contribution >= 0.6 is 0 Å². The molecular formula is C24H31NO4. The Hall–Kier alpha value is -2.21. The first-order chi connectivity index (χ1) is 14.2. The van der Waals surface area contributed by atoms with Crippen LogP contribution in [0.4, 0.5) is 0 Å². The molecule has 3 rings (SSSR count). The lowest BCUT2D eigenvalue weighted by atomic mass is 9.99. The molecule has 2 aromatic carbocycles. The van der Waals surface area contributed by atoms with Gasteiger partial charge in [0.2, 0.25) is 0 Å². The molecule has 1 aliphatic heterocycles. The maximum Gasteiger partial charge on any atom is 0.191 e. The predicted octanol–water partition coefficient (Wildman–Crippen LogP) is 3.35. The van der Waals surface area contributed by atoms with Gasteiger partial charge >= 0.3 is 0 Å². The van der Waals surface area contributed by atoms with Crippen LogP contribution in [0, 0.1) is 0 Å². The van der Waals surface area contributed by atoms with Gasteiger partial charge in [-0.05, 0) is 43.6 Å². The van der Waals surface area contributed by atoms with Gasteiger partial charge in [0.15, 0.2) is 5.78 Å². The number of hydrogen-bond acceptors (Lipinski definition) is 5. The number of carbonyl (C=O) groups is 1. The molecule has 5 heteroatoms. The molecule has 1 heterocycles. The summed E-state index contributed by atoms with van der Waals surface area (Å²) in [6.45, 7) is 2.77. The van der Waals surface area contributed by atoms with E-state index in [2.05, 4.69) is 4.90 Å². The maximum absolute atomic E-state index is 13.1. The van der Waals surface area contributed by atoms with Crippen molar-refractivity contribution in [1.82, 2.24) is 4.90 Å². The van der Waals surface area contributed by atoms with Gasteiger partial charge in [-0.15, -0.1) is 0 Å². The van der Waals surface area contributed by atoms with Crippen LogP contribution < -0.4 is 4.74 Å². The molecule has 1 saturated heterocycles. The van der Waals surface area contributed by atoms with Gasteiger partial charge in [0.05, 0.1) is 19.8 Å². The molecule has 1 fully saturated rings. The molecule has 1 aliphatic rings. The van der Waals surface area contributed by atoms with Crippen LogP contribution in [0.25, 0.3) is 0 Å². The first-order valence-electron chi connectivity index (χ1n) is 10.4. The summed E-state index contributed by atoms with van der Waals surface area (Å²) < 4.78 is 11.3. The molecule has 0 aliphatic carbocycles. The summed E-state index contributed by atoms with van der Waals surface area (Å²) in [4.78, 5) is 15.3. The highest BCUT2D eigenvalue weighted by Crippen LogP contribution is 2.18. The van der Waals surface area contributed by atoms with Crippen molar-refractivity contribution in [1.29, 1.82) is 0 Å². The molecule has 0 radical (unpaired) electrons. The minimum atomic E-state index is -0.652. The molecule has 5 nitrogen and oxygen atoms in total. The molecule has 29 heavy (non-hydrogen) atoms. The predicted molar refractivity (Wildman–Crippen MR) is 114 cm³/mol. The lowest BCUT2D eigenvalue weighted by Gasteiger charge is -2.29. The topological polar surface area (TPSA) is 59.0 Å². The fourth-order valence-corrected chi connectivity index (χ4v) is 3.75. The summed E-state index contributed by atoms with van der Waals surface area (Å²) >= 11 is 0. The average molecular weight is 398 g/mol. The summed E-state index contributed by atoms with van der Waals surface area (Å²) in [5.41, 5.74) is 1.58. The Morgan fingerprint density at radius 3 is 2.55 bits per heavy atom. The van der Waals surface area contributed by atoms with Gasteiger partial charge < -0.3 is 19.5 Å². The molecule has 0 amide bonds. The van der Waals surface area contributed by atoms with Crippen molar-refractivity contribution >= 4 is 5.78 Å². The van der Waals surface area contributed by atoms with Crippen LogP contribution in [-0.4, -0.2) is 61.3 Å². The van der Waals surface area contributed by atoms with Gasteiger partial charge in [-0.2, -0.15) is 0 Å². The van der Waals surface area contributed by atoms with Crippen LogP contribution in [-0.2, 0) is 11.2 Å². The van der Waals surface area contributed by atoms with Crippen molar-refractivity contribution in [2.45, 2.75) is 37.9 Å². The number of ether oxygens (including phenoxy) is 2. The van der Waals surface area contributed by atoms with Crippen LogP contribution in [0.3, 0.4) is 0 Å². The molecule has 0 spiro atoms. The summed E-state index contributed by atoms with van der Waals surface area (Å²) in [6.07, 6.45) is 2.79. The first-order valence-corrected chi connectivity index (χ1v) is 10.4. The van der Waals surface area contributed by atoms with E-state index in [0.29, 0.717) is 18.5 Å². The quantitative estimate of drug-likeness (QED) is 0.623. The molecule has 1 N–H and O–H groups in total. The number of piperidine rings is 1. The van der Waals surface area contributed by atoms with Gasteiger partial charge in [0, 0.05) is 18.5 Å². The van der Waals surface area contributed by atoms with E-state index in [4.69, 9.17) is 9.47 Å². The molecule has 0 aromatic heterocycles. The highest BCUT2D eigenvalue weighted by Gasteiger charge is 2.23. The highest BCUT2D eigenvalue weighted by atomic mass is 16.5. The van der Waals surface area contributed by atoms with E-state index in [-0.39, 0.29) is 12.4 Å². The zero-order valence-corrected chi connectivity index (χ0v) is 17.1. The maximum atomic E-state index is 13.1. The molecule has 2 aromatic rings. The lowest BCUT2D eigenvalue weighted by molar-refractivity contribution is -0.0151. The number of β-amino-alcohol motifs (C(OH)–C–C–N with tert-alkyl or cyclic N) is 1. The number of Topliss-reactive ketones (excluding diaryl/α,β-unsaturated/α-hetero) is 1. The van der Waals surface area contributed by atoms with Gasteiger partial charge in [0.1, 0.15) is 11.9 Å². The Labute approximate surface area is 173 Å². The zero-order valence-electron chi connectivity index (χ0n) is 17.1. The highest BCUT2D eigenvalue weighted by molar-refractivity contribution is 5.99. The molecule has 2 unspecified atom stereocenters. The van der Waals surface area contributed by atoms with E-state index in [1.165, 1.54) is 19.3 Å². The lowest BCUT2D eigenvalue weighted by Crippen LogP contribution is -2.39. The molecule has 0 saturated carbocycles. The molecular weight excluding hydrogens is 366 g/mol. The number of nitrogens with zero attached hydrogens (tertiary/aromatic N) is 1. The Kier molecular flexibility index (Phi) is 8.23. The Morgan fingerprint density at radius 2 is 1.83 bits per heavy atom. The van der Waals surface area contributed by atoms with E-state index in [0.717, 1.165) is 24.4 Å². The number of likely N-dealkylation sites (tertiary alicyclic amines) is 1. The standard InChI is InChI=1S/C24H31NO4/c1-28-22-12-8-9-19(15-22)16-23(24(27)20-10-4-2-5-11-20)29-18-21(26)17-25-13-6-3-7-14-25/h2,4-5,8-12,15,21,23,26H,3,6-7,13-14,16-18H2,1H3. The number of methoxy groups -OCH3 is 1. The largest absolute Gasteiger partial charge is 0.497 e. The first kappa shape index (κ1) is 21.5. The van der Waals surface area contributed by atoms with Crippen molar-refractivity contribution in [3.05, 3.63) is 65.7 Å². The second kappa shape index (κ2) is 11.1. The number of aliphatic hydroxyl groups is 1. The van der Waals surface area contributed by atoms with Crippen LogP contribution in [0.15, 0.2) is 54.6 Å². The molecule has 0 bridgehead atoms. The second-order valence-electron chi connectivity index (χ2n) is 7.62. The fraction of sp³-hybridized carbons (Fsp3) is 0.458. The number of hydrogen-bond donors (Lipinski definition) is 1. The van der Waals surface area contributed by atoms with Crippen molar-refractivity contribution < 1.29 is 19.4 Å². The number of rotatable bonds is 10. The molecule has 2 atom stereocenters. The van der Waals surface area contributed by atoms with Gasteiger partial charge in [-0.3, -0.25) is 4.79 Å². The van der Waals surface area contributed by atoms with E-state index < -0.39 is 12.2 Å². The third-order valence-electron chi connectivity index (χ3n) is 5.31. The number of carbonyl (C=O) groups excluding carboxylic acids is 1. The number of benzene rings is 2. The second-order valence-corrected chi connectivity index (χ2v) is 7.62. The summed E-state index contributed by atoms with van der Waals surface area (Å²) in [6, 6.07) is 16.8. The third kappa shape index (κ3) is 6.67. The van der Waals surface area contributed by atoms with Crippen LogP contribution in [0.5, 0.6) is 5.75 Å². The normalized spacial score (nSPS) is 16.9. The van der Waals surface area contributed by atoms with Crippen molar-refractivity contribution in [3.63, 3.8) is 0 Å². The molecule has 156 valence electrons. The Bertz CT molecular complexity index is 758. The van der Waals surface area contributed by atoms with E-state index >= 15 is 0 Å². The monoisotopic (exact) mass is 397 g/mol. The van der Waals surface area contributed by atoms with Gasteiger partial charge in [-0.25, -0.2) is 0 Å². The van der Waals surface area contributed by atoms with Crippen molar-refractivity contribution in [2.24, 2.45) is 0 Å². The van der Waals surface area contributed by atoms with Gasteiger partial charge in [0.25, 0.3) is 0 Å². The summed E-state index contributed by atoms with van der Waals surface area (Å²) in [5, 5.41) is 10.5. The number of aliphatic hydroxyl groups excluding tert-OH is 1. The SMILES string of the molecule is COc1cccc(CC(OCC(O)CN2CCCCC2)C(=O)c2ccccc2)c1. The van der Waals surface area contributed by atoms with Crippen molar-refractivity contribution in [2.75, 3.05) is 33.4 Å². The summed E-state index contributed by atoms with van der Waals surface area (Å²) in [5.74, 6) is 0.678. The third-order valence-corrected chi connectivity index (χ3v) is 5.31. The van der Waals surface area contributed by atoms with Gasteiger partial charge in [-0.1, -0.05) is 48.9 Å². The minimum absolute atomic E-state index is 0.0707.